The molecule has 0 unspecified atom stereocenters. The number of carbonyl (C=O) groups is 1. The number of benzene rings is 1. The molecule has 0 spiro atoms. The summed E-state index contributed by atoms with van der Waals surface area (Å²) >= 11 is 0. The van der Waals surface area contributed by atoms with Crippen LogP contribution in [0.3, 0.4) is 0 Å². The molecule has 0 heterocycles. The molecule has 4 heteroatoms. The predicted octanol–water partition coefficient (Wildman–Crippen LogP) is 1.23. The number of aromatic hydroxyl groups is 1. The number of phenolic OH excluding ortho intramolecular Hbond substituents is 1. The summed E-state index contributed by atoms with van der Waals surface area (Å²) in [4.78, 5) is 11.4. The zero-order valence-corrected chi connectivity index (χ0v) is 8.14. The minimum Gasteiger partial charge on any atom is -0.507 e. The molecule has 1 rings (SSSR count). The van der Waals surface area contributed by atoms with Gasteiger partial charge in [-0.2, -0.15) is 0 Å². The fraction of sp³-hybridized carbons (Fsp3) is 0.182. The summed E-state index contributed by atoms with van der Waals surface area (Å²) in [5.41, 5.74) is 0.585. The molecule has 0 fully saturated rings. The first-order chi connectivity index (χ1) is 7.19. The average Bonchev–Trinajstić information content (AvgIpc) is 2.26. The fourth-order valence-electron chi connectivity index (χ4n) is 1.06. The van der Waals surface area contributed by atoms with Gasteiger partial charge in [0.15, 0.2) is 0 Å². The first kappa shape index (κ1) is 11.3. The molecule has 0 radical (unpaired) electrons. The molecule has 15 heavy (non-hydrogen) atoms. The van der Waals surface area contributed by atoms with E-state index in [0.29, 0.717) is 5.56 Å². The number of esters is 1. The number of phenols is 1. The number of carbonyl (C=O) groups excluding carboxylic acids is 1. The SMILES string of the molecule is C=CCOC(=O)c1cc(CO)ccc1O. The average molecular weight is 208 g/mol. The van der Waals surface area contributed by atoms with Gasteiger partial charge in [-0.05, 0) is 17.7 Å². The number of aliphatic hydroxyl groups excluding tert-OH is 1. The van der Waals surface area contributed by atoms with Crippen LogP contribution in [0.5, 0.6) is 5.75 Å². The van der Waals surface area contributed by atoms with Crippen LogP contribution in [-0.4, -0.2) is 22.8 Å². The highest BCUT2D eigenvalue weighted by Gasteiger charge is 2.12. The number of aliphatic hydroxyl groups is 1. The van der Waals surface area contributed by atoms with Gasteiger partial charge in [0.1, 0.15) is 17.9 Å². The number of hydrogen-bond acceptors (Lipinski definition) is 4. The van der Waals surface area contributed by atoms with E-state index in [1.165, 1.54) is 24.3 Å². The third-order valence-electron chi connectivity index (χ3n) is 1.80. The third-order valence-corrected chi connectivity index (χ3v) is 1.80. The molecular weight excluding hydrogens is 196 g/mol. The number of ether oxygens (including phenoxy) is 1. The van der Waals surface area contributed by atoms with Crippen LogP contribution in [-0.2, 0) is 11.3 Å². The molecule has 0 bridgehead atoms. The van der Waals surface area contributed by atoms with Crippen molar-refractivity contribution in [2.75, 3.05) is 6.61 Å². The van der Waals surface area contributed by atoms with Gasteiger partial charge in [-0.1, -0.05) is 18.7 Å². The summed E-state index contributed by atoms with van der Waals surface area (Å²) in [5.74, 6) is -0.802. The van der Waals surface area contributed by atoms with Crippen LogP contribution in [0.15, 0.2) is 30.9 Å². The highest BCUT2D eigenvalue weighted by atomic mass is 16.5. The van der Waals surface area contributed by atoms with E-state index in [1.807, 2.05) is 0 Å². The lowest BCUT2D eigenvalue weighted by atomic mass is 10.1. The maximum atomic E-state index is 11.4. The van der Waals surface area contributed by atoms with E-state index in [2.05, 4.69) is 6.58 Å². The Balaban J connectivity index is 2.91. The molecule has 80 valence electrons. The third kappa shape index (κ3) is 2.82. The molecule has 0 saturated heterocycles. The zero-order chi connectivity index (χ0) is 11.3. The van der Waals surface area contributed by atoms with Crippen molar-refractivity contribution in [3.63, 3.8) is 0 Å². The van der Waals surface area contributed by atoms with Crippen molar-refractivity contribution in [2.24, 2.45) is 0 Å². The normalized spacial score (nSPS) is 9.67. The Morgan fingerprint density at radius 3 is 2.87 bits per heavy atom. The van der Waals surface area contributed by atoms with Gasteiger partial charge in [0.05, 0.1) is 6.61 Å². The first-order valence-corrected chi connectivity index (χ1v) is 4.39. The molecule has 0 aliphatic rings. The zero-order valence-electron chi connectivity index (χ0n) is 8.14. The Hall–Kier alpha value is -1.81. The smallest absolute Gasteiger partial charge is 0.342 e. The van der Waals surface area contributed by atoms with E-state index in [4.69, 9.17) is 9.84 Å². The van der Waals surface area contributed by atoms with Crippen molar-refractivity contribution < 1.29 is 19.7 Å². The molecule has 0 aliphatic heterocycles. The van der Waals surface area contributed by atoms with E-state index >= 15 is 0 Å². The second kappa shape index (κ2) is 5.17. The van der Waals surface area contributed by atoms with Gasteiger partial charge in [0.2, 0.25) is 0 Å². The summed E-state index contributed by atoms with van der Waals surface area (Å²) in [6.07, 6.45) is 1.44. The predicted molar refractivity (Wildman–Crippen MR) is 54.5 cm³/mol. The molecule has 1 aromatic carbocycles. The quantitative estimate of drug-likeness (QED) is 0.577. The first-order valence-electron chi connectivity index (χ1n) is 4.39. The van der Waals surface area contributed by atoms with Crippen LogP contribution >= 0.6 is 0 Å². The van der Waals surface area contributed by atoms with Crippen molar-refractivity contribution in [3.05, 3.63) is 42.0 Å². The summed E-state index contributed by atoms with van der Waals surface area (Å²) in [6.45, 7) is 3.30. The molecule has 4 nitrogen and oxygen atoms in total. The van der Waals surface area contributed by atoms with Crippen molar-refractivity contribution in [2.45, 2.75) is 6.61 Å². The van der Waals surface area contributed by atoms with Gasteiger partial charge in [-0.25, -0.2) is 4.79 Å². The Kier molecular flexibility index (Phi) is 3.88. The number of hydrogen-bond donors (Lipinski definition) is 2. The summed E-state index contributed by atoms with van der Waals surface area (Å²) in [7, 11) is 0. The van der Waals surface area contributed by atoms with E-state index in [1.54, 1.807) is 0 Å². The molecule has 0 aliphatic carbocycles. The molecule has 2 N–H and O–H groups in total. The van der Waals surface area contributed by atoms with Crippen molar-refractivity contribution >= 4 is 5.97 Å². The van der Waals surface area contributed by atoms with Crippen LogP contribution in [0, 0.1) is 0 Å². The summed E-state index contributed by atoms with van der Waals surface area (Å²) in [5, 5.41) is 18.3. The topological polar surface area (TPSA) is 66.8 Å². The highest BCUT2D eigenvalue weighted by molar-refractivity contribution is 5.92. The molecule has 1 aromatic rings. The maximum absolute atomic E-state index is 11.4. The van der Waals surface area contributed by atoms with E-state index < -0.39 is 5.97 Å². The van der Waals surface area contributed by atoms with Crippen LogP contribution in [0.1, 0.15) is 15.9 Å². The molecular formula is C11H12O4. The van der Waals surface area contributed by atoms with Crippen LogP contribution in [0.2, 0.25) is 0 Å². The van der Waals surface area contributed by atoms with Crippen LogP contribution in [0.4, 0.5) is 0 Å². The summed E-state index contributed by atoms with van der Waals surface area (Å²) in [6, 6.07) is 4.26. The Morgan fingerprint density at radius 1 is 1.53 bits per heavy atom. The lowest BCUT2D eigenvalue weighted by Gasteiger charge is -2.05. The van der Waals surface area contributed by atoms with Crippen LogP contribution in [0.25, 0.3) is 0 Å². The number of rotatable bonds is 4. The Morgan fingerprint density at radius 2 is 2.27 bits per heavy atom. The summed E-state index contributed by atoms with van der Waals surface area (Å²) < 4.78 is 4.76. The van der Waals surface area contributed by atoms with Gasteiger partial charge in [0, 0.05) is 0 Å². The van der Waals surface area contributed by atoms with E-state index in [9.17, 15) is 9.90 Å². The Labute approximate surface area is 87.4 Å². The van der Waals surface area contributed by atoms with Gasteiger partial charge in [0.25, 0.3) is 0 Å². The lowest BCUT2D eigenvalue weighted by Crippen LogP contribution is -2.06. The minimum atomic E-state index is -0.636. The lowest BCUT2D eigenvalue weighted by molar-refractivity contribution is 0.0546. The highest BCUT2D eigenvalue weighted by Crippen LogP contribution is 2.19. The second-order valence-corrected chi connectivity index (χ2v) is 2.90. The van der Waals surface area contributed by atoms with Gasteiger partial charge >= 0.3 is 5.97 Å². The second-order valence-electron chi connectivity index (χ2n) is 2.90. The van der Waals surface area contributed by atoms with E-state index in [-0.39, 0.29) is 24.5 Å². The van der Waals surface area contributed by atoms with Gasteiger partial charge in [-0.15, -0.1) is 0 Å². The molecule has 0 amide bonds. The molecule has 0 aromatic heterocycles. The fourth-order valence-corrected chi connectivity index (χ4v) is 1.06. The van der Waals surface area contributed by atoms with Crippen molar-refractivity contribution in [1.82, 2.24) is 0 Å². The van der Waals surface area contributed by atoms with Crippen LogP contribution < -0.4 is 0 Å². The van der Waals surface area contributed by atoms with Crippen molar-refractivity contribution in [3.8, 4) is 5.75 Å². The Bertz CT molecular complexity index is 371. The van der Waals surface area contributed by atoms with Crippen molar-refractivity contribution in [1.29, 1.82) is 0 Å². The van der Waals surface area contributed by atoms with Gasteiger partial charge < -0.3 is 14.9 Å². The minimum absolute atomic E-state index is 0.0448. The van der Waals surface area contributed by atoms with Gasteiger partial charge in [-0.3, -0.25) is 0 Å². The van der Waals surface area contributed by atoms with E-state index in [0.717, 1.165) is 0 Å². The molecule has 0 saturated carbocycles. The maximum Gasteiger partial charge on any atom is 0.342 e. The molecule has 0 atom stereocenters. The largest absolute Gasteiger partial charge is 0.507 e. The standard InChI is InChI=1S/C11H12O4/c1-2-5-15-11(14)9-6-8(7-12)3-4-10(9)13/h2-4,6,12-13H,1,5,7H2. The monoisotopic (exact) mass is 208 g/mol.